The third-order valence-electron chi connectivity index (χ3n) is 3.78. The van der Waals surface area contributed by atoms with Gasteiger partial charge in [-0.3, -0.25) is 4.90 Å². The summed E-state index contributed by atoms with van der Waals surface area (Å²) in [5.41, 5.74) is 7.27. The third kappa shape index (κ3) is 5.79. The second-order valence-electron chi connectivity index (χ2n) is 5.58. The van der Waals surface area contributed by atoms with Gasteiger partial charge in [-0.2, -0.15) is 0 Å². The van der Waals surface area contributed by atoms with Crippen LogP contribution in [0.5, 0.6) is 0 Å². The molecule has 0 aliphatic carbocycles. The number of piperidine rings is 1. The number of aromatic nitrogens is 1. The maximum Gasteiger partial charge on any atom is 0.128 e. The molecule has 1 atom stereocenters. The van der Waals surface area contributed by atoms with E-state index in [1.807, 2.05) is 13.2 Å². The van der Waals surface area contributed by atoms with Gasteiger partial charge in [0.1, 0.15) is 5.82 Å². The number of likely N-dealkylation sites (N-methyl/N-ethyl adjacent to an activating group) is 1. The van der Waals surface area contributed by atoms with E-state index in [2.05, 4.69) is 26.9 Å². The lowest BCUT2D eigenvalue weighted by molar-refractivity contribution is 0.201. The summed E-state index contributed by atoms with van der Waals surface area (Å²) in [6.07, 6.45) is 4.32. The van der Waals surface area contributed by atoms with E-state index >= 15 is 0 Å². The van der Waals surface area contributed by atoms with Crippen LogP contribution in [0.25, 0.3) is 0 Å². The molecule has 1 aromatic heterocycles. The Morgan fingerprint density at radius 2 is 2.29 bits per heavy atom. The Bertz CT molecular complexity index is 401. The first-order valence-corrected chi connectivity index (χ1v) is 7.32. The van der Waals surface area contributed by atoms with Gasteiger partial charge in [-0.15, -0.1) is 12.4 Å². The van der Waals surface area contributed by atoms with E-state index in [9.17, 15) is 0 Å². The molecule has 0 bridgehead atoms. The Balaban J connectivity index is 0.00000220. The zero-order valence-corrected chi connectivity index (χ0v) is 13.8. The van der Waals surface area contributed by atoms with Crippen LogP contribution in [0, 0.1) is 0 Å². The highest BCUT2D eigenvalue weighted by molar-refractivity contribution is 5.85. The highest BCUT2D eigenvalue weighted by Crippen LogP contribution is 2.14. The van der Waals surface area contributed by atoms with Crippen molar-refractivity contribution in [1.29, 1.82) is 0 Å². The average Bonchev–Trinajstić information content (AvgIpc) is 2.45. The molecule has 2 heterocycles. The minimum absolute atomic E-state index is 0. The molecule has 2 rings (SSSR count). The second kappa shape index (κ2) is 9.20. The number of methoxy groups -OCH3 is 1. The molecule has 0 radical (unpaired) electrons. The molecule has 1 aromatic rings. The zero-order chi connectivity index (χ0) is 14.4. The first kappa shape index (κ1) is 18.2. The van der Waals surface area contributed by atoms with Gasteiger partial charge in [-0.25, -0.2) is 4.98 Å². The molecule has 1 aliphatic heterocycles. The summed E-state index contributed by atoms with van der Waals surface area (Å²) >= 11 is 0. The van der Waals surface area contributed by atoms with Gasteiger partial charge in [0.25, 0.3) is 0 Å². The number of anilines is 1. The van der Waals surface area contributed by atoms with E-state index < -0.39 is 0 Å². The summed E-state index contributed by atoms with van der Waals surface area (Å²) in [5, 5.41) is 0. The summed E-state index contributed by atoms with van der Waals surface area (Å²) in [4.78, 5) is 9.05. The molecular weight excluding hydrogens is 288 g/mol. The minimum atomic E-state index is 0. The van der Waals surface area contributed by atoms with Crippen molar-refractivity contribution < 1.29 is 4.74 Å². The van der Waals surface area contributed by atoms with E-state index in [0.717, 1.165) is 38.4 Å². The van der Waals surface area contributed by atoms with Gasteiger partial charge in [0.15, 0.2) is 0 Å². The van der Waals surface area contributed by atoms with Crippen molar-refractivity contribution in [1.82, 2.24) is 9.88 Å². The molecule has 0 saturated carbocycles. The molecule has 1 aliphatic rings. The van der Waals surface area contributed by atoms with Crippen molar-refractivity contribution >= 4 is 18.2 Å². The predicted molar refractivity (Wildman–Crippen MR) is 89.1 cm³/mol. The van der Waals surface area contributed by atoms with E-state index in [1.54, 1.807) is 7.11 Å². The molecular formula is C15H27ClN4O. The van der Waals surface area contributed by atoms with Gasteiger partial charge < -0.3 is 15.4 Å². The van der Waals surface area contributed by atoms with E-state index in [0.29, 0.717) is 12.6 Å². The number of likely N-dealkylation sites (tertiary alicyclic amines) is 1. The van der Waals surface area contributed by atoms with Crippen molar-refractivity contribution in [3.05, 3.63) is 23.9 Å². The zero-order valence-electron chi connectivity index (χ0n) is 13.0. The molecule has 120 valence electrons. The number of nitrogens with two attached hydrogens (primary N) is 1. The summed E-state index contributed by atoms with van der Waals surface area (Å²) in [7, 11) is 3.75. The lowest BCUT2D eigenvalue weighted by atomic mass is 10.1. The number of rotatable bonds is 6. The number of hydrogen-bond acceptors (Lipinski definition) is 5. The van der Waals surface area contributed by atoms with Gasteiger partial charge in [-0.1, -0.05) is 6.07 Å². The highest BCUT2D eigenvalue weighted by atomic mass is 35.5. The fourth-order valence-corrected chi connectivity index (χ4v) is 2.57. The molecule has 1 fully saturated rings. The number of halogens is 1. The van der Waals surface area contributed by atoms with E-state index in [-0.39, 0.29) is 12.4 Å². The number of nitrogens with zero attached hydrogens (tertiary/aromatic N) is 3. The Hall–Kier alpha value is -0.880. The van der Waals surface area contributed by atoms with Crippen molar-refractivity contribution in [2.24, 2.45) is 5.73 Å². The summed E-state index contributed by atoms with van der Waals surface area (Å²) in [5.74, 6) is 0.987. The molecule has 0 aromatic carbocycles. The summed E-state index contributed by atoms with van der Waals surface area (Å²) in [6.45, 7) is 4.65. The summed E-state index contributed by atoms with van der Waals surface area (Å²) < 4.78 is 5.08. The fourth-order valence-electron chi connectivity index (χ4n) is 2.57. The lowest BCUT2D eigenvalue weighted by Crippen LogP contribution is -2.42. The highest BCUT2D eigenvalue weighted by Gasteiger charge is 2.16. The number of hydrogen-bond donors (Lipinski definition) is 1. The molecule has 1 unspecified atom stereocenters. The van der Waals surface area contributed by atoms with Crippen LogP contribution >= 0.6 is 12.4 Å². The smallest absolute Gasteiger partial charge is 0.128 e. The third-order valence-corrected chi connectivity index (χ3v) is 3.78. The first-order chi connectivity index (χ1) is 9.69. The monoisotopic (exact) mass is 314 g/mol. The van der Waals surface area contributed by atoms with Crippen LogP contribution in [0.1, 0.15) is 18.4 Å². The maximum absolute atomic E-state index is 6.01. The van der Waals surface area contributed by atoms with Crippen LogP contribution in [0.2, 0.25) is 0 Å². The van der Waals surface area contributed by atoms with E-state index in [4.69, 9.17) is 10.5 Å². The molecule has 21 heavy (non-hydrogen) atoms. The van der Waals surface area contributed by atoms with Gasteiger partial charge in [0.05, 0.1) is 6.61 Å². The molecule has 5 nitrogen and oxygen atoms in total. The Morgan fingerprint density at radius 1 is 1.48 bits per heavy atom. The van der Waals surface area contributed by atoms with Crippen LogP contribution in [0.4, 0.5) is 5.82 Å². The molecule has 0 amide bonds. The number of pyridine rings is 1. The van der Waals surface area contributed by atoms with Crippen LogP contribution < -0.4 is 10.6 Å². The average molecular weight is 315 g/mol. The van der Waals surface area contributed by atoms with Crippen molar-refractivity contribution in [2.45, 2.75) is 25.4 Å². The van der Waals surface area contributed by atoms with Gasteiger partial charge >= 0.3 is 0 Å². The van der Waals surface area contributed by atoms with Crippen LogP contribution in [0.3, 0.4) is 0 Å². The minimum Gasteiger partial charge on any atom is -0.383 e. The van der Waals surface area contributed by atoms with Crippen LogP contribution in [-0.2, 0) is 11.3 Å². The van der Waals surface area contributed by atoms with Gasteiger partial charge in [-0.05, 0) is 31.0 Å². The number of ether oxygens (including phenoxy) is 1. The largest absolute Gasteiger partial charge is 0.383 e. The SMILES string of the molecule is COCCN(C)c1ccc(CN2CCCC(N)C2)cn1.Cl. The molecule has 0 spiro atoms. The van der Waals surface area contributed by atoms with Crippen molar-refractivity contribution in [3.63, 3.8) is 0 Å². The first-order valence-electron chi connectivity index (χ1n) is 7.32. The molecule has 6 heteroatoms. The van der Waals surface area contributed by atoms with Crippen molar-refractivity contribution in [2.75, 3.05) is 45.3 Å². The predicted octanol–water partition coefficient (Wildman–Crippen LogP) is 1.51. The molecule has 1 saturated heterocycles. The van der Waals surface area contributed by atoms with Crippen molar-refractivity contribution in [3.8, 4) is 0 Å². The summed E-state index contributed by atoms with van der Waals surface area (Å²) in [6, 6.07) is 4.57. The van der Waals surface area contributed by atoms with Crippen LogP contribution in [-0.4, -0.2) is 56.3 Å². The lowest BCUT2D eigenvalue weighted by Gasteiger charge is -2.30. The normalized spacial score (nSPS) is 19.1. The quantitative estimate of drug-likeness (QED) is 0.862. The topological polar surface area (TPSA) is 54.6 Å². The maximum atomic E-state index is 6.01. The Morgan fingerprint density at radius 3 is 2.90 bits per heavy atom. The Kier molecular flexibility index (Phi) is 7.96. The fraction of sp³-hybridized carbons (Fsp3) is 0.667. The standard InChI is InChI=1S/C15H26N4O.ClH/c1-18(8-9-20-2)15-6-5-13(10-17-15)11-19-7-3-4-14(16)12-19;/h5-6,10,14H,3-4,7-9,11-12,16H2,1-2H3;1H. The molecule has 2 N–H and O–H groups in total. The Labute approximate surface area is 133 Å². The van der Waals surface area contributed by atoms with E-state index in [1.165, 1.54) is 12.0 Å². The second-order valence-corrected chi connectivity index (χ2v) is 5.58. The van der Waals surface area contributed by atoms with Gasteiger partial charge in [0, 0.05) is 46.0 Å². The van der Waals surface area contributed by atoms with Crippen LogP contribution in [0.15, 0.2) is 18.3 Å². The van der Waals surface area contributed by atoms with Gasteiger partial charge in [0.2, 0.25) is 0 Å².